The molecular weight excluding hydrogens is 447 g/mol. The molecule has 1 amide bonds. The first kappa shape index (κ1) is 25.3. The van der Waals surface area contributed by atoms with Crippen LogP contribution in [0.4, 0.5) is 4.39 Å². The summed E-state index contributed by atoms with van der Waals surface area (Å²) in [6, 6.07) is 0.100. The first-order valence-electron chi connectivity index (χ1n) is 12.7. The summed E-state index contributed by atoms with van der Waals surface area (Å²) in [6.45, 7) is 3.60. The maximum atomic E-state index is 14.4. The second-order valence-corrected chi connectivity index (χ2v) is 12.7. The van der Waals surface area contributed by atoms with Gasteiger partial charge >= 0.3 is 0 Å². The molecule has 10 heteroatoms. The predicted octanol–water partition coefficient (Wildman–Crippen LogP) is 0.857. The molecule has 0 aromatic rings. The number of sulfonamides is 1. The molecule has 2 aliphatic carbocycles. The molecular formula is C23H41FN4O4S. The van der Waals surface area contributed by atoms with Crippen molar-refractivity contribution in [3.63, 3.8) is 0 Å². The number of amides is 1. The van der Waals surface area contributed by atoms with E-state index in [4.69, 9.17) is 0 Å². The number of nitrogens with one attached hydrogen (secondary N) is 2. The van der Waals surface area contributed by atoms with E-state index in [1.54, 1.807) is 0 Å². The Hall–Kier alpha value is -0.810. The molecule has 2 heterocycles. The number of likely N-dealkylation sites (tertiary alicyclic amines) is 1. The minimum atomic E-state index is -3.36. The van der Waals surface area contributed by atoms with Gasteiger partial charge in [-0.3, -0.25) is 9.69 Å². The van der Waals surface area contributed by atoms with Gasteiger partial charge in [0.15, 0.2) is 0 Å². The number of hydrogen-bond acceptors (Lipinski definition) is 6. The van der Waals surface area contributed by atoms with Gasteiger partial charge in [0.25, 0.3) is 0 Å². The molecule has 0 spiro atoms. The molecule has 4 fully saturated rings. The van der Waals surface area contributed by atoms with Crippen molar-refractivity contribution in [2.24, 2.45) is 11.8 Å². The van der Waals surface area contributed by atoms with Crippen molar-refractivity contribution in [1.82, 2.24) is 19.8 Å². The van der Waals surface area contributed by atoms with Crippen molar-refractivity contribution < 1.29 is 22.7 Å². The number of hydrogen-bond donors (Lipinski definition) is 3. The maximum Gasteiger partial charge on any atom is 0.237 e. The molecule has 2 saturated heterocycles. The number of carbonyl (C=O) groups excluding carboxylic acids is 1. The normalized spacial score (nSPS) is 40.2. The summed E-state index contributed by atoms with van der Waals surface area (Å²) in [5, 5.41) is 16.0. The number of aliphatic hydroxyl groups excluding tert-OH is 1. The predicted molar refractivity (Wildman–Crippen MR) is 125 cm³/mol. The fourth-order valence-electron chi connectivity index (χ4n) is 6.78. The first-order valence-corrected chi connectivity index (χ1v) is 14.5. The van der Waals surface area contributed by atoms with Gasteiger partial charge in [-0.15, -0.1) is 0 Å². The van der Waals surface area contributed by atoms with Crippen molar-refractivity contribution in [3.05, 3.63) is 0 Å². The molecule has 8 nitrogen and oxygen atoms in total. The summed E-state index contributed by atoms with van der Waals surface area (Å²) in [5.41, 5.74) is 0. The van der Waals surface area contributed by atoms with Crippen LogP contribution in [0.15, 0.2) is 0 Å². The van der Waals surface area contributed by atoms with Gasteiger partial charge in [-0.1, -0.05) is 6.92 Å². The van der Waals surface area contributed by atoms with Crippen LogP contribution in [-0.4, -0.2) is 97.5 Å². The number of halogens is 1. The highest BCUT2D eigenvalue weighted by Gasteiger charge is 2.46. The van der Waals surface area contributed by atoms with Crippen LogP contribution in [0, 0.1) is 11.8 Å². The highest BCUT2D eigenvalue weighted by atomic mass is 32.2. The monoisotopic (exact) mass is 488 g/mol. The number of carbonyl (C=O) groups is 1. The lowest BCUT2D eigenvalue weighted by molar-refractivity contribution is -0.124. The first-order chi connectivity index (χ1) is 15.7. The topological polar surface area (TPSA) is 102 Å². The third-order valence-corrected chi connectivity index (χ3v) is 9.85. The van der Waals surface area contributed by atoms with Crippen LogP contribution in [0.1, 0.15) is 58.3 Å². The molecule has 8 atom stereocenters. The molecule has 4 aliphatic rings. The number of nitrogens with zero attached hydrogens (tertiary/aromatic N) is 2. The Balaban J connectivity index is 1.30. The van der Waals surface area contributed by atoms with Crippen LogP contribution in [0.5, 0.6) is 0 Å². The Morgan fingerprint density at radius 2 is 2.00 bits per heavy atom. The second-order valence-electron chi connectivity index (χ2n) is 10.8. The summed E-state index contributed by atoms with van der Waals surface area (Å²) >= 11 is 0. The summed E-state index contributed by atoms with van der Waals surface area (Å²) < 4.78 is 40.1. The van der Waals surface area contributed by atoms with E-state index in [1.807, 2.05) is 0 Å². The molecule has 0 radical (unpaired) electrons. The van der Waals surface area contributed by atoms with E-state index in [1.165, 1.54) is 10.6 Å². The average molecular weight is 489 g/mol. The average Bonchev–Trinajstić information content (AvgIpc) is 3.42. The zero-order valence-electron chi connectivity index (χ0n) is 20.0. The minimum absolute atomic E-state index is 0.0000502. The Bertz CT molecular complexity index is 781. The van der Waals surface area contributed by atoms with E-state index in [2.05, 4.69) is 22.5 Å². The van der Waals surface area contributed by atoms with Gasteiger partial charge in [0.1, 0.15) is 6.17 Å². The van der Waals surface area contributed by atoms with Gasteiger partial charge in [-0.25, -0.2) is 12.8 Å². The van der Waals surface area contributed by atoms with Gasteiger partial charge < -0.3 is 15.7 Å². The van der Waals surface area contributed by atoms with Crippen molar-refractivity contribution in [2.45, 2.75) is 94.7 Å². The number of fused-ring (bicyclic) bond motifs is 1. The molecule has 0 aromatic heterocycles. The summed E-state index contributed by atoms with van der Waals surface area (Å²) in [4.78, 5) is 15.4. The lowest BCUT2D eigenvalue weighted by Gasteiger charge is -2.36. The SMILES string of the molecule is CC1CCC(F)C2CC(C(=O)N[C@@H]3CCC[C@@H](N4CC[C@@H](N(CCO)S(C)(=O)=O)C4)C3)NC12. The van der Waals surface area contributed by atoms with Crippen molar-refractivity contribution in [3.8, 4) is 0 Å². The molecule has 0 aromatic carbocycles. The van der Waals surface area contributed by atoms with E-state index in [-0.39, 0.29) is 49.1 Å². The molecule has 2 saturated carbocycles. The van der Waals surface area contributed by atoms with Crippen molar-refractivity contribution in [2.75, 3.05) is 32.5 Å². The third kappa shape index (κ3) is 5.72. The van der Waals surface area contributed by atoms with Crippen LogP contribution in [-0.2, 0) is 14.8 Å². The highest BCUT2D eigenvalue weighted by Crippen LogP contribution is 2.38. The Morgan fingerprint density at radius 1 is 1.21 bits per heavy atom. The van der Waals surface area contributed by atoms with Gasteiger partial charge in [0, 0.05) is 49.7 Å². The zero-order chi connectivity index (χ0) is 23.8. The molecule has 0 bridgehead atoms. The van der Waals surface area contributed by atoms with E-state index < -0.39 is 16.2 Å². The van der Waals surface area contributed by atoms with Crippen LogP contribution < -0.4 is 10.6 Å². The number of rotatable bonds is 7. The van der Waals surface area contributed by atoms with Crippen molar-refractivity contribution in [1.29, 1.82) is 0 Å². The van der Waals surface area contributed by atoms with Gasteiger partial charge in [-0.2, -0.15) is 4.31 Å². The molecule has 33 heavy (non-hydrogen) atoms. The van der Waals surface area contributed by atoms with Crippen LogP contribution in [0.2, 0.25) is 0 Å². The van der Waals surface area contributed by atoms with Crippen molar-refractivity contribution >= 4 is 15.9 Å². The smallest absolute Gasteiger partial charge is 0.237 e. The van der Waals surface area contributed by atoms with E-state index >= 15 is 0 Å². The van der Waals surface area contributed by atoms with Gasteiger partial charge in [0.05, 0.1) is 18.9 Å². The number of alkyl halides is 1. The van der Waals surface area contributed by atoms with E-state index in [9.17, 15) is 22.7 Å². The van der Waals surface area contributed by atoms with Crippen LogP contribution in [0.25, 0.3) is 0 Å². The van der Waals surface area contributed by atoms with Crippen LogP contribution >= 0.6 is 0 Å². The summed E-state index contributed by atoms with van der Waals surface area (Å²) in [6.07, 6.45) is 7.10. The fraction of sp³-hybridized carbons (Fsp3) is 0.957. The zero-order valence-corrected chi connectivity index (χ0v) is 20.8. The second kappa shape index (κ2) is 10.4. The fourth-order valence-corrected chi connectivity index (χ4v) is 7.91. The highest BCUT2D eigenvalue weighted by molar-refractivity contribution is 7.88. The molecule has 3 N–H and O–H groups in total. The lowest BCUT2D eigenvalue weighted by Crippen LogP contribution is -2.51. The van der Waals surface area contributed by atoms with Gasteiger partial charge in [0.2, 0.25) is 15.9 Å². The third-order valence-electron chi connectivity index (χ3n) is 8.51. The molecule has 190 valence electrons. The quantitative estimate of drug-likeness (QED) is 0.491. The van der Waals surface area contributed by atoms with E-state index in [0.717, 1.165) is 45.1 Å². The lowest BCUT2D eigenvalue weighted by atomic mass is 9.77. The Kier molecular flexibility index (Phi) is 8.00. The molecule has 5 unspecified atom stereocenters. The number of aliphatic hydroxyl groups is 1. The van der Waals surface area contributed by atoms with Crippen LogP contribution in [0.3, 0.4) is 0 Å². The standard InChI is InChI=1S/C23H41FN4O4S/c1-15-6-7-20(24)19-13-21(26-22(15)19)23(30)25-16-4-3-5-17(12-16)27-9-8-18(14-27)28(10-11-29)33(2,31)32/h15-22,26,29H,3-14H2,1-2H3,(H,25,30)/t15?,16-,17-,18-,19?,20?,21?,22?/m1/s1. The maximum absolute atomic E-state index is 14.4. The molecule has 4 rings (SSSR count). The molecule has 2 aliphatic heterocycles. The minimum Gasteiger partial charge on any atom is -0.395 e. The Morgan fingerprint density at radius 3 is 2.70 bits per heavy atom. The van der Waals surface area contributed by atoms with Gasteiger partial charge in [-0.05, 0) is 57.3 Å². The largest absolute Gasteiger partial charge is 0.395 e. The summed E-state index contributed by atoms with van der Waals surface area (Å²) in [5.74, 6) is 0.348. The Labute approximate surface area is 197 Å². The summed E-state index contributed by atoms with van der Waals surface area (Å²) in [7, 11) is -3.36. The van der Waals surface area contributed by atoms with E-state index in [0.29, 0.717) is 31.3 Å².